The summed E-state index contributed by atoms with van der Waals surface area (Å²) in [5, 5.41) is 3.25. The zero-order chi connectivity index (χ0) is 25.8. The summed E-state index contributed by atoms with van der Waals surface area (Å²) >= 11 is 0. The van der Waals surface area contributed by atoms with Crippen molar-refractivity contribution in [2.75, 3.05) is 38.2 Å². The number of carbonyl (C=O) groups excluding carboxylic acids is 1. The SMILES string of the molecule is CC1(C(N)=O)COC(c2nc(-c3ccc(F)cc3)c(-c3ccnc(NCCC[N+]4=CN=CC4)n3)[nH]2)OC1. The van der Waals surface area contributed by atoms with Gasteiger partial charge in [-0.25, -0.2) is 19.3 Å². The fourth-order valence-corrected chi connectivity index (χ4v) is 3.97. The highest BCUT2D eigenvalue weighted by atomic mass is 19.1. The number of hydrogen-bond donors (Lipinski definition) is 3. The lowest BCUT2D eigenvalue weighted by molar-refractivity contribution is -0.504. The highest BCUT2D eigenvalue weighted by Gasteiger charge is 2.39. The van der Waals surface area contributed by atoms with Crippen LogP contribution in [0.25, 0.3) is 22.6 Å². The highest BCUT2D eigenvalue weighted by molar-refractivity contribution is 5.81. The number of anilines is 1. The summed E-state index contributed by atoms with van der Waals surface area (Å²) in [5.74, 6) is 0.0316. The lowest BCUT2D eigenvalue weighted by atomic mass is 9.91. The number of amides is 1. The standard InChI is InChI=1S/C25H27FN8O3/c1-25(23(27)35)13-36-22(37-14-25)21-32-19(16-3-5-17(26)6-4-16)20(33-21)18-7-9-30-24(31-18)29-8-2-11-34-12-10-28-15-34/h3-7,9-10,15,22H,2,8,11-14H2,1H3,(H3-,27,29,30,31,32,33,35)/p+1. The van der Waals surface area contributed by atoms with Crippen molar-refractivity contribution in [1.29, 1.82) is 0 Å². The highest BCUT2D eigenvalue weighted by Crippen LogP contribution is 2.35. The molecule has 1 saturated heterocycles. The maximum absolute atomic E-state index is 13.6. The molecule has 37 heavy (non-hydrogen) atoms. The fourth-order valence-electron chi connectivity index (χ4n) is 3.97. The largest absolute Gasteiger partial charge is 0.369 e. The van der Waals surface area contributed by atoms with Crippen molar-refractivity contribution in [1.82, 2.24) is 19.9 Å². The van der Waals surface area contributed by atoms with E-state index < -0.39 is 17.6 Å². The number of H-pyrrole nitrogens is 1. The molecule has 0 radical (unpaired) electrons. The molecule has 1 amide bonds. The van der Waals surface area contributed by atoms with Crippen LogP contribution in [0.4, 0.5) is 10.3 Å². The molecule has 1 fully saturated rings. The number of imidazole rings is 1. The first-order chi connectivity index (χ1) is 17.9. The van der Waals surface area contributed by atoms with E-state index in [0.29, 0.717) is 41.0 Å². The van der Waals surface area contributed by atoms with E-state index in [-0.39, 0.29) is 19.0 Å². The van der Waals surface area contributed by atoms with Crippen molar-refractivity contribution in [2.24, 2.45) is 16.1 Å². The predicted molar refractivity (Wildman–Crippen MR) is 135 cm³/mol. The number of aliphatic imine (C=N–C) groups is 1. The topological polar surface area (TPSA) is 143 Å². The summed E-state index contributed by atoms with van der Waals surface area (Å²) in [4.78, 5) is 32.8. The van der Waals surface area contributed by atoms with E-state index in [0.717, 1.165) is 19.5 Å². The second-order valence-electron chi connectivity index (χ2n) is 9.22. The van der Waals surface area contributed by atoms with E-state index in [1.165, 1.54) is 12.1 Å². The van der Waals surface area contributed by atoms with Crippen LogP contribution in [0.3, 0.4) is 0 Å². The fraction of sp³-hybridized carbons (Fsp3) is 0.360. The van der Waals surface area contributed by atoms with Crippen LogP contribution in [-0.4, -0.2) is 75.8 Å². The molecule has 2 aliphatic rings. The molecule has 1 aromatic carbocycles. The summed E-state index contributed by atoms with van der Waals surface area (Å²) in [6.45, 7) is 4.28. The van der Waals surface area contributed by atoms with Crippen molar-refractivity contribution in [3.8, 4) is 22.6 Å². The molecule has 0 saturated carbocycles. The van der Waals surface area contributed by atoms with Crippen molar-refractivity contribution < 1.29 is 23.2 Å². The number of nitrogens with zero attached hydrogens (tertiary/aromatic N) is 5. The molecule has 0 atom stereocenters. The number of halogens is 1. The van der Waals surface area contributed by atoms with Gasteiger partial charge in [-0.1, -0.05) is 4.99 Å². The van der Waals surface area contributed by atoms with Gasteiger partial charge in [0.1, 0.15) is 12.4 Å². The zero-order valence-electron chi connectivity index (χ0n) is 20.4. The predicted octanol–water partition coefficient (Wildman–Crippen LogP) is 2.14. The molecule has 3 aromatic rings. The molecule has 11 nitrogen and oxygen atoms in total. The minimum absolute atomic E-state index is 0.0950. The molecule has 0 bridgehead atoms. The first kappa shape index (κ1) is 24.7. The summed E-state index contributed by atoms with van der Waals surface area (Å²) in [5.41, 5.74) is 7.01. The Balaban J connectivity index is 1.37. The first-order valence-corrected chi connectivity index (χ1v) is 12.0. The van der Waals surface area contributed by atoms with Crippen molar-refractivity contribution in [2.45, 2.75) is 19.6 Å². The average Bonchev–Trinajstić information content (AvgIpc) is 3.58. The molecule has 4 heterocycles. The van der Waals surface area contributed by atoms with E-state index in [2.05, 4.69) is 29.8 Å². The van der Waals surface area contributed by atoms with E-state index in [1.807, 2.05) is 12.6 Å². The number of carbonyl (C=O) groups is 1. The molecule has 0 spiro atoms. The number of rotatable bonds is 9. The Morgan fingerprint density at radius 3 is 2.73 bits per heavy atom. The van der Waals surface area contributed by atoms with Crippen LogP contribution in [0.2, 0.25) is 0 Å². The van der Waals surface area contributed by atoms with Gasteiger partial charge in [0.2, 0.25) is 18.1 Å². The maximum atomic E-state index is 13.6. The third kappa shape index (κ3) is 5.54. The Morgan fingerprint density at radius 2 is 2.03 bits per heavy atom. The summed E-state index contributed by atoms with van der Waals surface area (Å²) < 4.78 is 27.3. The lowest BCUT2D eigenvalue weighted by Gasteiger charge is -2.34. The van der Waals surface area contributed by atoms with Crippen LogP contribution in [-0.2, 0) is 14.3 Å². The van der Waals surface area contributed by atoms with Gasteiger partial charge in [-0.15, -0.1) is 0 Å². The Morgan fingerprint density at radius 1 is 1.24 bits per heavy atom. The molecular formula is C25H28FN8O3+. The van der Waals surface area contributed by atoms with Gasteiger partial charge in [-0.05, 0) is 37.3 Å². The second kappa shape index (κ2) is 10.5. The van der Waals surface area contributed by atoms with Gasteiger partial charge in [0.25, 0.3) is 6.34 Å². The van der Waals surface area contributed by atoms with Gasteiger partial charge >= 0.3 is 0 Å². The maximum Gasteiger partial charge on any atom is 0.281 e. The molecule has 0 unspecified atom stereocenters. The van der Waals surface area contributed by atoms with Crippen LogP contribution in [0.5, 0.6) is 0 Å². The van der Waals surface area contributed by atoms with E-state index >= 15 is 0 Å². The molecule has 2 aromatic heterocycles. The molecule has 12 heteroatoms. The van der Waals surface area contributed by atoms with Crippen LogP contribution in [0, 0.1) is 11.2 Å². The number of nitrogens with two attached hydrogens (primary N) is 1. The lowest BCUT2D eigenvalue weighted by Crippen LogP contribution is -2.46. The number of nitrogens with one attached hydrogen (secondary N) is 2. The van der Waals surface area contributed by atoms with Gasteiger partial charge in [0.15, 0.2) is 12.0 Å². The quantitative estimate of drug-likeness (QED) is 0.297. The minimum Gasteiger partial charge on any atom is -0.369 e. The Kier molecular flexibility index (Phi) is 7.01. The van der Waals surface area contributed by atoms with Crippen LogP contribution in [0.15, 0.2) is 41.5 Å². The van der Waals surface area contributed by atoms with Gasteiger partial charge in [0, 0.05) is 24.7 Å². The molecule has 0 aliphatic carbocycles. The van der Waals surface area contributed by atoms with E-state index in [4.69, 9.17) is 20.2 Å². The van der Waals surface area contributed by atoms with Gasteiger partial charge < -0.3 is 25.5 Å². The molecule has 5 rings (SSSR count). The van der Waals surface area contributed by atoms with Gasteiger partial charge in [0.05, 0.1) is 42.3 Å². The number of hydrogen-bond acceptors (Lipinski definition) is 8. The van der Waals surface area contributed by atoms with Gasteiger partial charge in [-0.3, -0.25) is 9.37 Å². The Hall–Kier alpha value is -4.03. The van der Waals surface area contributed by atoms with Crippen LogP contribution in [0.1, 0.15) is 25.5 Å². The van der Waals surface area contributed by atoms with Gasteiger partial charge in [-0.2, -0.15) is 0 Å². The number of primary amides is 1. The smallest absolute Gasteiger partial charge is 0.281 e. The normalized spacial score (nSPS) is 21.1. The monoisotopic (exact) mass is 507 g/mol. The minimum atomic E-state index is -0.918. The van der Waals surface area contributed by atoms with Crippen molar-refractivity contribution in [3.63, 3.8) is 0 Å². The Bertz CT molecular complexity index is 1330. The summed E-state index contributed by atoms with van der Waals surface area (Å²) in [6.07, 6.45) is 5.43. The molecular weight excluding hydrogens is 479 g/mol. The van der Waals surface area contributed by atoms with Crippen molar-refractivity contribution >= 4 is 24.4 Å². The number of aromatic nitrogens is 4. The number of benzene rings is 1. The Labute approximate surface area is 212 Å². The molecule has 4 N–H and O–H groups in total. The number of ether oxygens (including phenoxy) is 2. The zero-order valence-corrected chi connectivity index (χ0v) is 20.4. The van der Waals surface area contributed by atoms with E-state index in [1.54, 1.807) is 31.3 Å². The second-order valence-corrected chi connectivity index (χ2v) is 9.22. The van der Waals surface area contributed by atoms with E-state index in [9.17, 15) is 9.18 Å². The first-order valence-electron chi connectivity index (χ1n) is 12.0. The van der Waals surface area contributed by atoms with Crippen molar-refractivity contribution in [3.05, 3.63) is 48.2 Å². The third-order valence-corrected chi connectivity index (χ3v) is 6.23. The summed E-state index contributed by atoms with van der Waals surface area (Å²) in [6, 6.07) is 7.79. The number of aromatic amines is 1. The molecule has 192 valence electrons. The summed E-state index contributed by atoms with van der Waals surface area (Å²) in [7, 11) is 0. The average molecular weight is 508 g/mol. The van der Waals surface area contributed by atoms with Crippen LogP contribution >= 0.6 is 0 Å². The molecule has 2 aliphatic heterocycles. The third-order valence-electron chi connectivity index (χ3n) is 6.23. The van der Waals surface area contributed by atoms with Crippen LogP contribution < -0.4 is 11.1 Å².